The van der Waals surface area contributed by atoms with Crippen LogP contribution in [0.2, 0.25) is 0 Å². The van der Waals surface area contributed by atoms with Gasteiger partial charge in [-0.25, -0.2) is 9.97 Å². The smallest absolute Gasteiger partial charge is 0.131 e. The van der Waals surface area contributed by atoms with E-state index in [1.54, 1.807) is 6.33 Å². The van der Waals surface area contributed by atoms with Gasteiger partial charge in [-0.3, -0.25) is 0 Å². The maximum Gasteiger partial charge on any atom is 0.131 e. The highest BCUT2D eigenvalue weighted by molar-refractivity contribution is 8.00. The third-order valence-corrected chi connectivity index (χ3v) is 4.88. The molecule has 94 valence electrons. The molecule has 0 bridgehead atoms. The molecular formula is C12H20N4S. The van der Waals surface area contributed by atoms with Gasteiger partial charge in [0.15, 0.2) is 0 Å². The molecular weight excluding hydrogens is 232 g/mol. The van der Waals surface area contributed by atoms with Crippen LogP contribution in [0.1, 0.15) is 25.7 Å². The first kappa shape index (κ1) is 12.5. The lowest BCUT2D eigenvalue weighted by molar-refractivity contribution is 0.638. The maximum absolute atomic E-state index is 4.24. The predicted octanol–water partition coefficient (Wildman–Crippen LogP) is 2.61. The zero-order valence-electron chi connectivity index (χ0n) is 10.5. The third-order valence-electron chi connectivity index (χ3n) is 3.46. The Balaban J connectivity index is 1.96. The van der Waals surface area contributed by atoms with Crippen molar-refractivity contribution < 1.29 is 0 Å². The topological polar surface area (TPSA) is 49.8 Å². The Morgan fingerprint density at radius 2 is 2.00 bits per heavy atom. The highest BCUT2D eigenvalue weighted by Gasteiger charge is 2.32. The molecule has 2 N–H and O–H groups in total. The SMILES string of the molecule is CNc1cc(NCC2(SC)CCCC2)ncn1. The molecule has 17 heavy (non-hydrogen) atoms. The van der Waals surface area contributed by atoms with Crippen molar-refractivity contribution in [2.75, 3.05) is 30.5 Å². The third kappa shape index (κ3) is 3.03. The van der Waals surface area contributed by atoms with E-state index in [4.69, 9.17) is 0 Å². The second-order valence-electron chi connectivity index (χ2n) is 4.49. The summed E-state index contributed by atoms with van der Waals surface area (Å²) in [5.74, 6) is 1.76. The quantitative estimate of drug-likeness (QED) is 0.843. The van der Waals surface area contributed by atoms with Gasteiger partial charge in [-0.2, -0.15) is 11.8 Å². The predicted molar refractivity (Wildman–Crippen MR) is 74.8 cm³/mol. The van der Waals surface area contributed by atoms with Crippen molar-refractivity contribution in [3.8, 4) is 0 Å². The fraction of sp³-hybridized carbons (Fsp3) is 0.667. The highest BCUT2D eigenvalue weighted by atomic mass is 32.2. The van der Waals surface area contributed by atoms with E-state index in [-0.39, 0.29) is 0 Å². The lowest BCUT2D eigenvalue weighted by Gasteiger charge is -2.27. The standard InChI is InChI=1S/C12H20N4S/c1-13-10-7-11(16-9-15-10)14-8-12(17-2)5-3-4-6-12/h7,9H,3-6,8H2,1-2H3,(H2,13,14,15,16). The van der Waals surface area contributed by atoms with E-state index in [1.165, 1.54) is 25.7 Å². The normalized spacial score (nSPS) is 18.0. The largest absolute Gasteiger partial charge is 0.373 e. The molecule has 2 rings (SSSR count). The van der Waals surface area contributed by atoms with Gasteiger partial charge >= 0.3 is 0 Å². The van der Waals surface area contributed by atoms with Gasteiger partial charge in [0, 0.05) is 24.4 Å². The van der Waals surface area contributed by atoms with Crippen molar-refractivity contribution in [3.05, 3.63) is 12.4 Å². The lowest BCUT2D eigenvalue weighted by Crippen LogP contribution is -2.30. The fourth-order valence-electron chi connectivity index (χ4n) is 2.31. The molecule has 1 heterocycles. The van der Waals surface area contributed by atoms with Gasteiger partial charge in [0.05, 0.1) is 0 Å². The van der Waals surface area contributed by atoms with Crippen LogP contribution >= 0.6 is 11.8 Å². The average Bonchev–Trinajstić information content (AvgIpc) is 2.86. The summed E-state index contributed by atoms with van der Waals surface area (Å²) >= 11 is 1.99. The molecule has 4 nitrogen and oxygen atoms in total. The Labute approximate surface area is 107 Å². The van der Waals surface area contributed by atoms with Gasteiger partial charge in [0.25, 0.3) is 0 Å². The summed E-state index contributed by atoms with van der Waals surface area (Å²) in [7, 11) is 1.87. The molecule has 5 heteroatoms. The van der Waals surface area contributed by atoms with Gasteiger partial charge < -0.3 is 10.6 Å². The van der Waals surface area contributed by atoms with Crippen LogP contribution in [-0.4, -0.2) is 34.6 Å². The maximum atomic E-state index is 4.24. The Morgan fingerprint density at radius 1 is 1.29 bits per heavy atom. The summed E-state index contributed by atoms with van der Waals surface area (Å²) in [6, 6.07) is 1.95. The minimum Gasteiger partial charge on any atom is -0.373 e. The number of rotatable bonds is 5. The first-order valence-corrected chi connectivity index (χ1v) is 7.29. The molecule has 1 fully saturated rings. The Kier molecular flexibility index (Phi) is 4.10. The lowest BCUT2D eigenvalue weighted by atomic mass is 10.1. The molecule has 0 spiro atoms. The van der Waals surface area contributed by atoms with E-state index in [2.05, 4.69) is 26.9 Å². The molecule has 1 aromatic heterocycles. The summed E-state index contributed by atoms with van der Waals surface area (Å²) in [6.07, 6.45) is 9.14. The van der Waals surface area contributed by atoms with E-state index in [1.807, 2.05) is 24.9 Å². The fourth-order valence-corrected chi connectivity index (χ4v) is 3.23. The summed E-state index contributed by atoms with van der Waals surface area (Å²) in [6.45, 7) is 0.994. The minimum atomic E-state index is 0.407. The van der Waals surface area contributed by atoms with E-state index in [0.717, 1.165) is 18.2 Å². The summed E-state index contributed by atoms with van der Waals surface area (Å²) in [5, 5.41) is 6.46. The molecule has 1 aromatic rings. The van der Waals surface area contributed by atoms with Crippen LogP contribution in [0.5, 0.6) is 0 Å². The van der Waals surface area contributed by atoms with Crippen molar-refractivity contribution in [2.45, 2.75) is 30.4 Å². The molecule has 0 unspecified atom stereocenters. The first-order chi connectivity index (χ1) is 8.28. The van der Waals surface area contributed by atoms with Gasteiger partial charge in [-0.05, 0) is 19.1 Å². The first-order valence-electron chi connectivity index (χ1n) is 6.07. The van der Waals surface area contributed by atoms with Crippen LogP contribution in [0.4, 0.5) is 11.6 Å². The van der Waals surface area contributed by atoms with E-state index in [9.17, 15) is 0 Å². The summed E-state index contributed by atoms with van der Waals surface area (Å²) in [4.78, 5) is 8.35. The van der Waals surface area contributed by atoms with Crippen LogP contribution < -0.4 is 10.6 Å². The number of nitrogens with zero attached hydrogens (tertiary/aromatic N) is 2. The number of nitrogens with one attached hydrogen (secondary N) is 2. The Bertz CT molecular complexity index is 363. The van der Waals surface area contributed by atoms with Gasteiger partial charge in [-0.1, -0.05) is 12.8 Å². The average molecular weight is 252 g/mol. The molecule has 1 aliphatic rings. The van der Waals surface area contributed by atoms with E-state index in [0.29, 0.717) is 4.75 Å². The highest BCUT2D eigenvalue weighted by Crippen LogP contribution is 2.40. The van der Waals surface area contributed by atoms with Crippen molar-refractivity contribution in [1.29, 1.82) is 0 Å². The monoisotopic (exact) mass is 252 g/mol. The number of aromatic nitrogens is 2. The molecule has 0 saturated heterocycles. The van der Waals surface area contributed by atoms with Crippen LogP contribution in [0.25, 0.3) is 0 Å². The molecule has 0 aromatic carbocycles. The van der Waals surface area contributed by atoms with Crippen molar-refractivity contribution in [1.82, 2.24) is 9.97 Å². The molecule has 0 atom stereocenters. The van der Waals surface area contributed by atoms with E-state index >= 15 is 0 Å². The van der Waals surface area contributed by atoms with Crippen LogP contribution in [0, 0.1) is 0 Å². The minimum absolute atomic E-state index is 0.407. The van der Waals surface area contributed by atoms with Crippen molar-refractivity contribution >= 4 is 23.4 Å². The van der Waals surface area contributed by atoms with Gasteiger partial charge in [0.2, 0.25) is 0 Å². The second-order valence-corrected chi connectivity index (χ2v) is 5.76. The van der Waals surface area contributed by atoms with Crippen molar-refractivity contribution in [2.24, 2.45) is 0 Å². The van der Waals surface area contributed by atoms with Gasteiger partial charge in [-0.15, -0.1) is 0 Å². The van der Waals surface area contributed by atoms with Crippen LogP contribution in [-0.2, 0) is 0 Å². The molecule has 0 amide bonds. The number of anilines is 2. The van der Waals surface area contributed by atoms with Crippen LogP contribution in [0.15, 0.2) is 12.4 Å². The van der Waals surface area contributed by atoms with Crippen LogP contribution in [0.3, 0.4) is 0 Å². The number of thioether (sulfide) groups is 1. The zero-order chi connectivity index (χ0) is 12.1. The number of hydrogen-bond donors (Lipinski definition) is 2. The second kappa shape index (κ2) is 5.58. The summed E-state index contributed by atoms with van der Waals surface area (Å²) in [5.41, 5.74) is 0. The Morgan fingerprint density at radius 3 is 2.65 bits per heavy atom. The number of hydrogen-bond acceptors (Lipinski definition) is 5. The Hall–Kier alpha value is -0.970. The molecule has 1 saturated carbocycles. The van der Waals surface area contributed by atoms with Crippen molar-refractivity contribution in [3.63, 3.8) is 0 Å². The summed E-state index contributed by atoms with van der Waals surface area (Å²) < 4.78 is 0.407. The molecule has 0 radical (unpaired) electrons. The zero-order valence-corrected chi connectivity index (χ0v) is 11.3. The van der Waals surface area contributed by atoms with E-state index < -0.39 is 0 Å². The van der Waals surface area contributed by atoms with Gasteiger partial charge in [0.1, 0.15) is 18.0 Å². The molecule has 0 aliphatic heterocycles. The molecule has 1 aliphatic carbocycles.